The molecule has 1 aromatic heterocycles. The fraction of sp³-hybridized carbons (Fsp3) is 0.455. The van der Waals surface area contributed by atoms with Gasteiger partial charge in [-0.2, -0.15) is 0 Å². The molecule has 0 aliphatic rings. The molecular formula is C11H16N4O4. The number of nitro groups is 1. The minimum Gasteiger partial charge on any atom is -0.395 e. The van der Waals surface area contributed by atoms with Crippen molar-refractivity contribution in [2.24, 2.45) is 0 Å². The van der Waals surface area contributed by atoms with Crippen molar-refractivity contribution in [1.82, 2.24) is 9.88 Å². The Kier molecular flexibility index (Phi) is 5.19. The van der Waals surface area contributed by atoms with Gasteiger partial charge in [-0.3, -0.25) is 14.9 Å². The van der Waals surface area contributed by atoms with Crippen molar-refractivity contribution >= 4 is 17.4 Å². The van der Waals surface area contributed by atoms with Crippen LogP contribution < -0.4 is 5.32 Å². The summed E-state index contributed by atoms with van der Waals surface area (Å²) in [5.74, 6) is -0.129. The maximum Gasteiger partial charge on any atom is 0.300 e. The summed E-state index contributed by atoms with van der Waals surface area (Å²) in [6.45, 7) is 2.02. The van der Waals surface area contributed by atoms with Crippen molar-refractivity contribution in [3.8, 4) is 0 Å². The standard InChI is InChI=1S/C11H16N4O4/c1-3-14(4-5-16)11(17)8-6-10(12-2)13-7-9(8)15(18)19/h6-7,16H,3-5H2,1-2H3,(H,12,13). The van der Waals surface area contributed by atoms with Gasteiger partial charge < -0.3 is 15.3 Å². The number of aliphatic hydroxyl groups is 1. The highest BCUT2D eigenvalue weighted by Crippen LogP contribution is 2.21. The molecule has 0 bridgehead atoms. The molecule has 1 heterocycles. The number of nitrogens with zero attached hydrogens (tertiary/aromatic N) is 3. The largest absolute Gasteiger partial charge is 0.395 e. The third kappa shape index (κ3) is 3.38. The number of rotatable bonds is 6. The number of pyridine rings is 1. The van der Waals surface area contributed by atoms with Crippen LogP contribution in [-0.4, -0.2) is 52.6 Å². The van der Waals surface area contributed by atoms with E-state index < -0.39 is 10.8 Å². The third-order valence-corrected chi connectivity index (χ3v) is 2.61. The summed E-state index contributed by atoms with van der Waals surface area (Å²) in [7, 11) is 1.60. The van der Waals surface area contributed by atoms with Gasteiger partial charge in [0.05, 0.1) is 11.5 Å². The lowest BCUT2D eigenvalue weighted by Crippen LogP contribution is -2.33. The van der Waals surface area contributed by atoms with E-state index in [1.807, 2.05) is 0 Å². The van der Waals surface area contributed by atoms with Gasteiger partial charge in [-0.1, -0.05) is 0 Å². The van der Waals surface area contributed by atoms with Gasteiger partial charge in [0.2, 0.25) is 0 Å². The highest BCUT2D eigenvalue weighted by molar-refractivity contribution is 5.98. The van der Waals surface area contributed by atoms with Crippen LogP contribution >= 0.6 is 0 Å². The number of amides is 1. The van der Waals surface area contributed by atoms with Crippen LogP contribution in [-0.2, 0) is 0 Å². The summed E-state index contributed by atoms with van der Waals surface area (Å²) in [5, 5.41) is 22.5. The second-order valence-corrected chi connectivity index (χ2v) is 3.70. The molecule has 0 fully saturated rings. The molecule has 1 rings (SSSR count). The molecule has 8 heteroatoms. The molecule has 2 N–H and O–H groups in total. The van der Waals surface area contributed by atoms with Crippen molar-refractivity contribution in [3.05, 3.63) is 27.9 Å². The van der Waals surface area contributed by atoms with Crippen molar-refractivity contribution < 1.29 is 14.8 Å². The number of carbonyl (C=O) groups is 1. The van der Waals surface area contributed by atoms with Crippen molar-refractivity contribution in [2.45, 2.75) is 6.92 Å². The topological polar surface area (TPSA) is 109 Å². The van der Waals surface area contributed by atoms with Gasteiger partial charge in [-0.25, -0.2) is 4.98 Å². The summed E-state index contributed by atoms with van der Waals surface area (Å²) in [5.41, 5.74) is -0.389. The van der Waals surface area contributed by atoms with Gasteiger partial charge >= 0.3 is 0 Å². The fourth-order valence-corrected chi connectivity index (χ4v) is 1.60. The molecule has 19 heavy (non-hydrogen) atoms. The van der Waals surface area contributed by atoms with Gasteiger partial charge in [-0.15, -0.1) is 0 Å². The van der Waals surface area contributed by atoms with Crippen LogP contribution in [0.25, 0.3) is 0 Å². The molecule has 0 aliphatic carbocycles. The molecule has 0 aliphatic heterocycles. The second kappa shape index (κ2) is 6.64. The number of carbonyl (C=O) groups excluding carboxylic acids is 1. The molecule has 104 valence electrons. The number of aromatic nitrogens is 1. The molecular weight excluding hydrogens is 252 g/mol. The van der Waals surface area contributed by atoms with Crippen molar-refractivity contribution in [3.63, 3.8) is 0 Å². The first-order valence-corrected chi connectivity index (χ1v) is 5.77. The zero-order valence-corrected chi connectivity index (χ0v) is 10.8. The van der Waals surface area contributed by atoms with Crippen LogP contribution in [0.4, 0.5) is 11.5 Å². The summed E-state index contributed by atoms with van der Waals surface area (Å²) >= 11 is 0. The van der Waals surface area contributed by atoms with E-state index in [4.69, 9.17) is 5.11 Å². The maximum absolute atomic E-state index is 12.2. The van der Waals surface area contributed by atoms with Crippen LogP contribution in [0.2, 0.25) is 0 Å². The second-order valence-electron chi connectivity index (χ2n) is 3.70. The molecule has 0 aromatic carbocycles. The van der Waals surface area contributed by atoms with E-state index in [2.05, 4.69) is 10.3 Å². The summed E-state index contributed by atoms with van der Waals surface area (Å²) in [6, 6.07) is 1.33. The van der Waals surface area contributed by atoms with E-state index in [1.54, 1.807) is 14.0 Å². The Bertz CT molecular complexity index is 478. The van der Waals surface area contributed by atoms with E-state index in [9.17, 15) is 14.9 Å². The highest BCUT2D eigenvalue weighted by Gasteiger charge is 2.24. The Morgan fingerprint density at radius 1 is 1.63 bits per heavy atom. The molecule has 1 aromatic rings. The predicted molar refractivity (Wildman–Crippen MR) is 69.1 cm³/mol. The van der Waals surface area contributed by atoms with E-state index in [1.165, 1.54) is 11.0 Å². The summed E-state index contributed by atoms with van der Waals surface area (Å²) < 4.78 is 0. The quantitative estimate of drug-likeness (QED) is 0.574. The lowest BCUT2D eigenvalue weighted by Gasteiger charge is -2.19. The van der Waals surface area contributed by atoms with E-state index in [-0.39, 0.29) is 24.4 Å². The normalized spacial score (nSPS) is 10.1. The highest BCUT2D eigenvalue weighted by atomic mass is 16.6. The first-order chi connectivity index (χ1) is 9.04. The maximum atomic E-state index is 12.2. The van der Waals surface area contributed by atoms with Gasteiger partial charge in [-0.05, 0) is 6.92 Å². The molecule has 0 atom stereocenters. The molecule has 0 saturated carbocycles. The lowest BCUT2D eigenvalue weighted by atomic mass is 10.2. The number of hydrogen-bond acceptors (Lipinski definition) is 6. The Labute approximate surface area is 110 Å². The molecule has 8 nitrogen and oxygen atoms in total. The minimum atomic E-state index is -0.646. The zero-order chi connectivity index (χ0) is 14.4. The monoisotopic (exact) mass is 268 g/mol. The molecule has 0 radical (unpaired) electrons. The lowest BCUT2D eigenvalue weighted by molar-refractivity contribution is -0.385. The Hall–Kier alpha value is -2.22. The SMILES string of the molecule is CCN(CCO)C(=O)c1cc(NC)ncc1[N+](=O)[O-]. The summed E-state index contributed by atoms with van der Waals surface area (Å²) in [6.07, 6.45) is 1.05. The van der Waals surface area contributed by atoms with Gasteiger partial charge in [0.1, 0.15) is 17.6 Å². The molecule has 1 amide bonds. The first-order valence-electron chi connectivity index (χ1n) is 5.77. The Balaban J connectivity index is 3.21. The van der Waals surface area contributed by atoms with Crippen LogP contribution in [0.1, 0.15) is 17.3 Å². The van der Waals surface area contributed by atoms with Crippen LogP contribution in [0, 0.1) is 10.1 Å². The van der Waals surface area contributed by atoms with Crippen molar-refractivity contribution in [1.29, 1.82) is 0 Å². The smallest absolute Gasteiger partial charge is 0.300 e. The van der Waals surface area contributed by atoms with Gasteiger partial charge in [0.15, 0.2) is 0 Å². The van der Waals surface area contributed by atoms with Crippen LogP contribution in [0.15, 0.2) is 12.3 Å². The number of nitrogens with one attached hydrogen (secondary N) is 1. The average Bonchev–Trinajstić information content (AvgIpc) is 2.43. The number of aliphatic hydroxyl groups excluding tert-OH is 1. The van der Waals surface area contributed by atoms with E-state index >= 15 is 0 Å². The van der Waals surface area contributed by atoms with Crippen LogP contribution in [0.3, 0.4) is 0 Å². The van der Waals surface area contributed by atoms with E-state index in [0.717, 1.165) is 6.20 Å². The summed E-state index contributed by atoms with van der Waals surface area (Å²) in [4.78, 5) is 27.6. The van der Waals surface area contributed by atoms with Gasteiger partial charge in [0.25, 0.3) is 11.6 Å². The zero-order valence-electron chi connectivity index (χ0n) is 10.8. The minimum absolute atomic E-state index is 0.0420. The van der Waals surface area contributed by atoms with E-state index in [0.29, 0.717) is 12.4 Å². The van der Waals surface area contributed by atoms with Crippen LogP contribution in [0.5, 0.6) is 0 Å². The Morgan fingerprint density at radius 2 is 2.32 bits per heavy atom. The van der Waals surface area contributed by atoms with Crippen molar-refractivity contribution in [2.75, 3.05) is 32.1 Å². The predicted octanol–water partition coefficient (Wildman–Crippen LogP) is 0.486. The number of anilines is 1. The first kappa shape index (κ1) is 14.8. The average molecular weight is 268 g/mol. The Morgan fingerprint density at radius 3 is 2.79 bits per heavy atom. The van der Waals surface area contributed by atoms with Gasteiger partial charge in [0, 0.05) is 26.2 Å². The molecule has 0 unspecified atom stereocenters. The number of likely N-dealkylation sites (N-methyl/N-ethyl adjacent to an activating group) is 1. The molecule has 0 spiro atoms. The fourth-order valence-electron chi connectivity index (χ4n) is 1.60. The number of hydrogen-bond donors (Lipinski definition) is 2. The third-order valence-electron chi connectivity index (χ3n) is 2.61. The molecule has 0 saturated heterocycles.